The summed E-state index contributed by atoms with van der Waals surface area (Å²) in [6, 6.07) is 0.767. The average molecular weight is 293 g/mol. The summed E-state index contributed by atoms with van der Waals surface area (Å²) in [6.07, 6.45) is -4.73. The molecule has 0 spiro atoms. The number of aliphatic hydroxyl groups excluding tert-OH is 1. The van der Waals surface area contributed by atoms with Crippen LogP contribution in [0, 0.1) is 5.92 Å². The number of aromatic nitrogens is 2. The number of nitrogens with two attached hydrogens (primary N) is 1. The zero-order chi connectivity index (χ0) is 15.3. The average Bonchev–Trinajstić information content (AvgIpc) is 2.34. The van der Waals surface area contributed by atoms with Gasteiger partial charge in [0, 0.05) is 12.6 Å². The van der Waals surface area contributed by atoms with E-state index in [9.17, 15) is 18.3 Å². The standard InChI is InChI=1S/C11H18F3N5O/c1-6(2)3-7(20)5-16-9-4-8(11(12,13)14)17-10(18-9)19-15/h4,6-7,20H,3,5,15H2,1-2H3,(H2,16,17,18,19). The van der Waals surface area contributed by atoms with Crippen molar-refractivity contribution < 1.29 is 18.3 Å². The molecular weight excluding hydrogens is 275 g/mol. The zero-order valence-corrected chi connectivity index (χ0v) is 11.2. The van der Waals surface area contributed by atoms with Gasteiger partial charge in [-0.2, -0.15) is 18.2 Å². The van der Waals surface area contributed by atoms with Gasteiger partial charge in [-0.3, -0.25) is 5.43 Å². The third-order valence-corrected chi connectivity index (χ3v) is 2.41. The smallest absolute Gasteiger partial charge is 0.391 e. The molecule has 9 heteroatoms. The van der Waals surface area contributed by atoms with Crippen molar-refractivity contribution in [2.24, 2.45) is 11.8 Å². The van der Waals surface area contributed by atoms with Gasteiger partial charge in [0.2, 0.25) is 5.95 Å². The second-order valence-electron chi connectivity index (χ2n) is 4.77. The molecule has 0 fully saturated rings. The number of hydrogen-bond donors (Lipinski definition) is 4. The van der Waals surface area contributed by atoms with E-state index >= 15 is 0 Å². The Morgan fingerprint density at radius 1 is 1.35 bits per heavy atom. The van der Waals surface area contributed by atoms with E-state index in [4.69, 9.17) is 5.84 Å². The van der Waals surface area contributed by atoms with E-state index in [0.717, 1.165) is 6.07 Å². The van der Waals surface area contributed by atoms with Crippen molar-refractivity contribution in [1.29, 1.82) is 0 Å². The Bertz CT molecular complexity index is 439. The third-order valence-electron chi connectivity index (χ3n) is 2.41. The third kappa shape index (κ3) is 5.17. The number of hydrazine groups is 1. The lowest BCUT2D eigenvalue weighted by Gasteiger charge is -2.15. The van der Waals surface area contributed by atoms with E-state index in [0.29, 0.717) is 6.42 Å². The molecule has 0 saturated carbocycles. The van der Waals surface area contributed by atoms with Gasteiger partial charge in [-0.25, -0.2) is 10.8 Å². The van der Waals surface area contributed by atoms with Gasteiger partial charge in [-0.05, 0) is 12.3 Å². The number of anilines is 2. The van der Waals surface area contributed by atoms with Gasteiger partial charge < -0.3 is 10.4 Å². The summed E-state index contributed by atoms with van der Waals surface area (Å²) < 4.78 is 37.9. The number of nitrogens with one attached hydrogen (secondary N) is 2. The minimum absolute atomic E-state index is 0.0527. The molecule has 114 valence electrons. The summed E-state index contributed by atoms with van der Waals surface area (Å²) in [5.41, 5.74) is 0.865. The van der Waals surface area contributed by atoms with Gasteiger partial charge in [0.1, 0.15) is 5.82 Å². The normalized spacial score (nSPS) is 13.4. The van der Waals surface area contributed by atoms with Gasteiger partial charge in [-0.15, -0.1) is 0 Å². The molecule has 6 nitrogen and oxygen atoms in total. The van der Waals surface area contributed by atoms with Crippen molar-refractivity contribution >= 4 is 11.8 Å². The van der Waals surface area contributed by atoms with E-state index in [1.807, 2.05) is 19.3 Å². The fourth-order valence-corrected chi connectivity index (χ4v) is 1.60. The van der Waals surface area contributed by atoms with Crippen molar-refractivity contribution in [1.82, 2.24) is 9.97 Å². The maximum atomic E-state index is 12.6. The van der Waals surface area contributed by atoms with E-state index in [1.54, 1.807) is 0 Å². The predicted octanol–water partition coefficient (Wildman–Crippen LogP) is 1.60. The first-order chi connectivity index (χ1) is 9.22. The fraction of sp³-hybridized carbons (Fsp3) is 0.636. The summed E-state index contributed by atoms with van der Waals surface area (Å²) >= 11 is 0. The van der Waals surface area contributed by atoms with Gasteiger partial charge >= 0.3 is 6.18 Å². The number of aliphatic hydroxyl groups is 1. The molecule has 0 aromatic carbocycles. The van der Waals surface area contributed by atoms with Crippen LogP contribution in [-0.2, 0) is 6.18 Å². The second kappa shape index (κ2) is 6.71. The van der Waals surface area contributed by atoms with Crippen molar-refractivity contribution in [3.8, 4) is 0 Å². The lowest BCUT2D eigenvalue weighted by Crippen LogP contribution is -2.23. The SMILES string of the molecule is CC(C)CC(O)CNc1cc(C(F)(F)F)nc(NN)n1. The molecule has 1 aromatic heterocycles. The molecule has 0 amide bonds. The minimum Gasteiger partial charge on any atom is -0.391 e. The molecule has 1 aromatic rings. The quantitative estimate of drug-likeness (QED) is 0.470. The Hall–Kier alpha value is -1.61. The molecule has 0 bridgehead atoms. The largest absolute Gasteiger partial charge is 0.433 e. The van der Waals surface area contributed by atoms with Crippen LogP contribution in [-0.4, -0.2) is 27.7 Å². The molecule has 0 aliphatic heterocycles. The lowest BCUT2D eigenvalue weighted by molar-refractivity contribution is -0.141. The number of nitrogen functional groups attached to an aromatic ring is 1. The summed E-state index contributed by atoms with van der Waals surface area (Å²) in [5, 5.41) is 12.3. The molecule has 0 saturated heterocycles. The Morgan fingerprint density at radius 2 is 2.00 bits per heavy atom. The maximum Gasteiger partial charge on any atom is 0.433 e. The van der Waals surface area contributed by atoms with Crippen LogP contribution < -0.4 is 16.6 Å². The number of hydrogen-bond acceptors (Lipinski definition) is 6. The van der Waals surface area contributed by atoms with Crippen LogP contribution in [0.3, 0.4) is 0 Å². The highest BCUT2D eigenvalue weighted by molar-refractivity contribution is 5.42. The van der Waals surface area contributed by atoms with E-state index in [-0.39, 0.29) is 24.2 Å². The molecular formula is C11H18F3N5O. The Kier molecular flexibility index (Phi) is 5.52. The highest BCUT2D eigenvalue weighted by atomic mass is 19.4. The summed E-state index contributed by atoms with van der Waals surface area (Å²) in [6.45, 7) is 3.97. The number of alkyl halides is 3. The van der Waals surface area contributed by atoms with Crippen LogP contribution in [0.25, 0.3) is 0 Å². The molecule has 5 N–H and O–H groups in total. The molecule has 1 rings (SSSR count). The van der Waals surface area contributed by atoms with Crippen LogP contribution in [0.4, 0.5) is 24.9 Å². The topological polar surface area (TPSA) is 96.1 Å². The number of nitrogens with zero attached hydrogens (tertiary/aromatic N) is 2. The van der Waals surface area contributed by atoms with Gasteiger partial charge in [0.05, 0.1) is 6.10 Å². The Morgan fingerprint density at radius 3 is 2.50 bits per heavy atom. The van der Waals surface area contributed by atoms with E-state index < -0.39 is 18.0 Å². The second-order valence-corrected chi connectivity index (χ2v) is 4.77. The highest BCUT2D eigenvalue weighted by Crippen LogP contribution is 2.29. The Labute approximate surface area is 114 Å². The Balaban J connectivity index is 2.79. The van der Waals surface area contributed by atoms with Crippen LogP contribution in [0.1, 0.15) is 26.0 Å². The van der Waals surface area contributed by atoms with E-state index in [1.165, 1.54) is 0 Å². The zero-order valence-electron chi connectivity index (χ0n) is 11.2. The number of rotatable bonds is 6. The molecule has 0 radical (unpaired) electrons. The van der Waals surface area contributed by atoms with Crippen LogP contribution in [0.15, 0.2) is 6.07 Å². The van der Waals surface area contributed by atoms with Gasteiger partial charge in [0.15, 0.2) is 5.69 Å². The first-order valence-corrected chi connectivity index (χ1v) is 6.07. The summed E-state index contributed by atoms with van der Waals surface area (Å²) in [4.78, 5) is 6.97. The van der Waals surface area contributed by atoms with Gasteiger partial charge in [0.25, 0.3) is 0 Å². The molecule has 0 aliphatic carbocycles. The molecule has 1 heterocycles. The van der Waals surface area contributed by atoms with E-state index in [2.05, 4.69) is 15.3 Å². The van der Waals surface area contributed by atoms with Crippen LogP contribution >= 0.6 is 0 Å². The van der Waals surface area contributed by atoms with Crippen molar-refractivity contribution in [3.05, 3.63) is 11.8 Å². The highest BCUT2D eigenvalue weighted by Gasteiger charge is 2.33. The first-order valence-electron chi connectivity index (χ1n) is 6.07. The molecule has 1 unspecified atom stereocenters. The first kappa shape index (κ1) is 16.4. The maximum absolute atomic E-state index is 12.6. The number of halogens is 3. The molecule has 20 heavy (non-hydrogen) atoms. The lowest BCUT2D eigenvalue weighted by atomic mass is 10.1. The summed E-state index contributed by atoms with van der Waals surface area (Å²) in [5.74, 6) is 4.92. The van der Waals surface area contributed by atoms with Crippen LogP contribution in [0.5, 0.6) is 0 Å². The van der Waals surface area contributed by atoms with Gasteiger partial charge in [-0.1, -0.05) is 13.8 Å². The van der Waals surface area contributed by atoms with Crippen molar-refractivity contribution in [2.75, 3.05) is 17.3 Å². The summed E-state index contributed by atoms with van der Waals surface area (Å²) in [7, 11) is 0. The molecule has 0 aliphatic rings. The van der Waals surface area contributed by atoms with Crippen molar-refractivity contribution in [2.45, 2.75) is 32.5 Å². The predicted molar refractivity (Wildman–Crippen MR) is 68.8 cm³/mol. The monoisotopic (exact) mass is 293 g/mol. The molecule has 1 atom stereocenters. The van der Waals surface area contributed by atoms with Crippen LogP contribution in [0.2, 0.25) is 0 Å². The minimum atomic E-state index is -4.60. The fourth-order valence-electron chi connectivity index (χ4n) is 1.60. The van der Waals surface area contributed by atoms with Crippen molar-refractivity contribution in [3.63, 3.8) is 0 Å².